The maximum absolute atomic E-state index is 12.5. The van der Waals surface area contributed by atoms with Crippen molar-refractivity contribution in [2.75, 3.05) is 21.9 Å². The lowest BCUT2D eigenvalue weighted by Crippen LogP contribution is -2.51. The number of nitrogens with zero attached hydrogens (tertiary/aromatic N) is 1. The number of para-hydroxylation sites is 2. The Morgan fingerprint density at radius 3 is 2.68 bits per heavy atom. The van der Waals surface area contributed by atoms with Crippen LogP contribution in [0, 0.1) is 0 Å². The zero-order chi connectivity index (χ0) is 14.1. The van der Waals surface area contributed by atoms with Crippen molar-refractivity contribution in [3.63, 3.8) is 0 Å². The second-order valence-electron chi connectivity index (χ2n) is 5.70. The predicted octanol–water partition coefficient (Wildman–Crippen LogP) is 2.83. The van der Waals surface area contributed by atoms with E-state index in [1.807, 2.05) is 45.0 Å². The fraction of sp³-hybridized carbons (Fsp3) is 0.571. The molecule has 1 N–H and O–H groups in total. The summed E-state index contributed by atoms with van der Waals surface area (Å²) in [5, 5.41) is 3.39. The number of nitrogens with one attached hydrogen (secondary N) is 1. The van der Waals surface area contributed by atoms with Gasteiger partial charge in [-0.1, -0.05) is 25.5 Å². The lowest BCUT2D eigenvalue weighted by Gasteiger charge is -2.41. The van der Waals surface area contributed by atoms with Gasteiger partial charge in [0.05, 0.1) is 29.2 Å². The van der Waals surface area contributed by atoms with Crippen LogP contribution in [-0.4, -0.2) is 26.3 Å². The van der Waals surface area contributed by atoms with E-state index in [0.29, 0.717) is 13.0 Å². The molecule has 1 heterocycles. The molecule has 5 heteroatoms. The number of hydrogen-bond donors (Lipinski definition) is 1. The van der Waals surface area contributed by atoms with Gasteiger partial charge in [-0.05, 0) is 32.4 Å². The SMILES string of the molecule is CCCCS(=O)(=O)N1CC(C)(C)Nc2ccccc21. The molecule has 4 nitrogen and oxygen atoms in total. The summed E-state index contributed by atoms with van der Waals surface area (Å²) < 4.78 is 26.6. The molecule has 0 bridgehead atoms. The van der Waals surface area contributed by atoms with Gasteiger partial charge in [-0.2, -0.15) is 0 Å². The number of anilines is 2. The summed E-state index contributed by atoms with van der Waals surface area (Å²) in [5.74, 6) is 0.216. The molecule has 1 aromatic carbocycles. The number of unbranched alkanes of at least 4 members (excludes halogenated alkanes) is 1. The number of sulfonamides is 1. The fourth-order valence-corrected chi connectivity index (χ4v) is 4.18. The first kappa shape index (κ1) is 14.2. The van der Waals surface area contributed by atoms with Gasteiger partial charge in [0, 0.05) is 0 Å². The van der Waals surface area contributed by atoms with Crippen molar-refractivity contribution < 1.29 is 8.42 Å². The minimum Gasteiger partial charge on any atom is -0.377 e. The summed E-state index contributed by atoms with van der Waals surface area (Å²) in [7, 11) is -3.24. The molecular weight excluding hydrogens is 260 g/mol. The molecule has 2 rings (SSSR count). The molecule has 0 atom stereocenters. The highest BCUT2D eigenvalue weighted by Crippen LogP contribution is 2.36. The van der Waals surface area contributed by atoms with Crippen molar-refractivity contribution in [1.29, 1.82) is 0 Å². The summed E-state index contributed by atoms with van der Waals surface area (Å²) in [6, 6.07) is 7.59. The van der Waals surface area contributed by atoms with Crippen LogP contribution in [0.15, 0.2) is 24.3 Å². The normalized spacial score (nSPS) is 17.7. The first-order valence-electron chi connectivity index (χ1n) is 6.73. The molecule has 1 aliphatic heterocycles. The topological polar surface area (TPSA) is 49.4 Å². The third-order valence-electron chi connectivity index (χ3n) is 3.28. The fourth-order valence-electron chi connectivity index (χ4n) is 2.33. The quantitative estimate of drug-likeness (QED) is 0.924. The van der Waals surface area contributed by atoms with Crippen LogP contribution in [0.5, 0.6) is 0 Å². The van der Waals surface area contributed by atoms with Crippen LogP contribution in [-0.2, 0) is 10.0 Å². The second-order valence-corrected chi connectivity index (χ2v) is 7.72. The third kappa shape index (κ3) is 3.03. The average Bonchev–Trinajstić information content (AvgIpc) is 2.34. The van der Waals surface area contributed by atoms with Crippen molar-refractivity contribution >= 4 is 21.4 Å². The van der Waals surface area contributed by atoms with E-state index in [4.69, 9.17) is 0 Å². The molecule has 19 heavy (non-hydrogen) atoms. The van der Waals surface area contributed by atoms with Crippen LogP contribution in [0.3, 0.4) is 0 Å². The highest BCUT2D eigenvalue weighted by atomic mass is 32.2. The van der Waals surface area contributed by atoms with E-state index >= 15 is 0 Å². The van der Waals surface area contributed by atoms with Gasteiger partial charge in [0.2, 0.25) is 10.0 Å². The lowest BCUT2D eigenvalue weighted by atomic mass is 10.0. The van der Waals surface area contributed by atoms with E-state index in [1.165, 1.54) is 0 Å². The van der Waals surface area contributed by atoms with Crippen molar-refractivity contribution in [3.8, 4) is 0 Å². The van der Waals surface area contributed by atoms with Crippen LogP contribution in [0.25, 0.3) is 0 Å². The molecule has 0 aromatic heterocycles. The Balaban J connectivity index is 2.40. The Labute approximate surface area is 115 Å². The van der Waals surface area contributed by atoms with Crippen LogP contribution in [0.2, 0.25) is 0 Å². The van der Waals surface area contributed by atoms with Crippen molar-refractivity contribution in [2.45, 2.75) is 39.2 Å². The molecule has 0 radical (unpaired) electrons. The summed E-state index contributed by atoms with van der Waals surface area (Å²) in [6.45, 7) is 6.51. The van der Waals surface area contributed by atoms with E-state index in [0.717, 1.165) is 17.8 Å². The maximum Gasteiger partial charge on any atom is 0.235 e. The first-order chi connectivity index (χ1) is 8.86. The highest BCUT2D eigenvalue weighted by Gasteiger charge is 2.35. The van der Waals surface area contributed by atoms with Crippen molar-refractivity contribution in [1.82, 2.24) is 0 Å². The van der Waals surface area contributed by atoms with Crippen LogP contribution >= 0.6 is 0 Å². The van der Waals surface area contributed by atoms with E-state index in [-0.39, 0.29) is 11.3 Å². The average molecular weight is 282 g/mol. The minimum absolute atomic E-state index is 0.216. The second kappa shape index (κ2) is 5.04. The Bertz CT molecular complexity index is 552. The zero-order valence-electron chi connectivity index (χ0n) is 11.8. The molecule has 1 aliphatic rings. The molecule has 0 spiro atoms. The Hall–Kier alpha value is -1.23. The van der Waals surface area contributed by atoms with Gasteiger partial charge in [0.1, 0.15) is 0 Å². The molecule has 0 aliphatic carbocycles. The Morgan fingerprint density at radius 2 is 2.00 bits per heavy atom. The summed E-state index contributed by atoms with van der Waals surface area (Å²) >= 11 is 0. The van der Waals surface area contributed by atoms with E-state index < -0.39 is 10.0 Å². The summed E-state index contributed by atoms with van der Waals surface area (Å²) in [6.07, 6.45) is 1.59. The van der Waals surface area contributed by atoms with Crippen molar-refractivity contribution in [3.05, 3.63) is 24.3 Å². The predicted molar refractivity (Wildman–Crippen MR) is 80.2 cm³/mol. The van der Waals surface area contributed by atoms with Gasteiger partial charge in [0.25, 0.3) is 0 Å². The van der Waals surface area contributed by atoms with Crippen LogP contribution < -0.4 is 9.62 Å². The standard InChI is InChI=1S/C14H22N2O2S/c1-4-5-10-19(17,18)16-11-14(2,3)15-12-8-6-7-9-13(12)16/h6-9,15H,4-5,10-11H2,1-3H3. The van der Waals surface area contributed by atoms with Gasteiger partial charge in [0.15, 0.2) is 0 Å². The van der Waals surface area contributed by atoms with E-state index in [9.17, 15) is 8.42 Å². The zero-order valence-corrected chi connectivity index (χ0v) is 12.6. The van der Waals surface area contributed by atoms with Crippen LogP contribution in [0.1, 0.15) is 33.6 Å². The number of fused-ring (bicyclic) bond motifs is 1. The largest absolute Gasteiger partial charge is 0.377 e. The molecule has 0 amide bonds. The smallest absolute Gasteiger partial charge is 0.235 e. The van der Waals surface area contributed by atoms with Gasteiger partial charge in [-0.15, -0.1) is 0 Å². The molecule has 1 aromatic rings. The van der Waals surface area contributed by atoms with Crippen molar-refractivity contribution in [2.24, 2.45) is 0 Å². The molecule has 0 saturated heterocycles. The van der Waals surface area contributed by atoms with Crippen LogP contribution in [0.4, 0.5) is 11.4 Å². The maximum atomic E-state index is 12.5. The lowest BCUT2D eigenvalue weighted by molar-refractivity contribution is 0.542. The Kier molecular flexibility index (Phi) is 3.76. The number of rotatable bonds is 4. The third-order valence-corrected chi connectivity index (χ3v) is 5.08. The highest BCUT2D eigenvalue weighted by molar-refractivity contribution is 7.92. The molecule has 0 fully saturated rings. The van der Waals surface area contributed by atoms with E-state index in [2.05, 4.69) is 5.32 Å². The molecule has 106 valence electrons. The van der Waals surface area contributed by atoms with Gasteiger partial charge in [-0.25, -0.2) is 8.42 Å². The Morgan fingerprint density at radius 1 is 1.32 bits per heavy atom. The first-order valence-corrected chi connectivity index (χ1v) is 8.34. The van der Waals surface area contributed by atoms with Gasteiger partial charge < -0.3 is 5.32 Å². The van der Waals surface area contributed by atoms with Gasteiger partial charge >= 0.3 is 0 Å². The van der Waals surface area contributed by atoms with E-state index in [1.54, 1.807) is 4.31 Å². The molecule has 0 saturated carbocycles. The number of hydrogen-bond acceptors (Lipinski definition) is 3. The minimum atomic E-state index is -3.24. The monoisotopic (exact) mass is 282 g/mol. The molecule has 0 unspecified atom stereocenters. The number of benzene rings is 1. The molecular formula is C14H22N2O2S. The summed E-state index contributed by atoms with van der Waals surface area (Å²) in [5.41, 5.74) is 1.39. The van der Waals surface area contributed by atoms with Gasteiger partial charge in [-0.3, -0.25) is 4.31 Å². The summed E-state index contributed by atoms with van der Waals surface area (Å²) in [4.78, 5) is 0.